The zero-order valence-corrected chi connectivity index (χ0v) is 12.1. The fourth-order valence-electron chi connectivity index (χ4n) is 1.89. The van der Waals surface area contributed by atoms with E-state index in [1.807, 2.05) is 30.5 Å². The Bertz CT molecular complexity index is 603. The predicted octanol–water partition coefficient (Wildman–Crippen LogP) is 3.20. The van der Waals surface area contributed by atoms with Gasteiger partial charge in [0.25, 0.3) is 5.91 Å². The number of hydrogen-bond acceptors (Lipinski definition) is 4. The van der Waals surface area contributed by atoms with E-state index in [0.717, 1.165) is 12.1 Å². The average molecular weight is 288 g/mol. The van der Waals surface area contributed by atoms with Gasteiger partial charge in [-0.3, -0.25) is 4.79 Å². The summed E-state index contributed by atoms with van der Waals surface area (Å²) in [6.07, 6.45) is 5.88. The highest BCUT2D eigenvalue weighted by atomic mass is 32.2. The molecule has 1 saturated carbocycles. The largest absolute Gasteiger partial charge is 0.444 e. The molecular formula is C15H16N2O2S. The number of carbonyl (C=O) groups excluding carboxylic acids is 1. The van der Waals surface area contributed by atoms with E-state index in [0.29, 0.717) is 17.5 Å². The molecule has 0 radical (unpaired) electrons. The van der Waals surface area contributed by atoms with Gasteiger partial charge in [-0.1, -0.05) is 0 Å². The van der Waals surface area contributed by atoms with E-state index in [2.05, 4.69) is 10.3 Å². The minimum absolute atomic E-state index is 0.160. The van der Waals surface area contributed by atoms with E-state index >= 15 is 0 Å². The molecule has 0 spiro atoms. The summed E-state index contributed by atoms with van der Waals surface area (Å²) >= 11 is 1.68. The lowest BCUT2D eigenvalue weighted by atomic mass is 10.2. The number of thioether (sulfide) groups is 1. The number of benzene rings is 1. The summed E-state index contributed by atoms with van der Waals surface area (Å²) < 4.78 is 5.39. The number of hydrogen-bond donors (Lipinski definition) is 1. The van der Waals surface area contributed by atoms with Crippen LogP contribution in [0.5, 0.6) is 0 Å². The Balaban J connectivity index is 1.69. The SMILES string of the molecule is CSc1ccc(-c2nc(C(=O)NCC3CC3)co2)cc1. The molecule has 1 fully saturated rings. The Kier molecular flexibility index (Phi) is 3.78. The number of oxazole rings is 1. The van der Waals surface area contributed by atoms with Gasteiger partial charge in [-0.2, -0.15) is 0 Å². The van der Waals surface area contributed by atoms with Crippen molar-refractivity contribution in [2.45, 2.75) is 17.7 Å². The molecule has 1 aliphatic rings. The molecule has 1 aliphatic carbocycles. The van der Waals surface area contributed by atoms with Crippen molar-refractivity contribution in [2.75, 3.05) is 12.8 Å². The van der Waals surface area contributed by atoms with E-state index in [4.69, 9.17) is 4.42 Å². The van der Waals surface area contributed by atoms with E-state index in [9.17, 15) is 4.79 Å². The van der Waals surface area contributed by atoms with Crippen molar-refractivity contribution in [2.24, 2.45) is 5.92 Å². The second-order valence-electron chi connectivity index (χ2n) is 4.92. The highest BCUT2D eigenvalue weighted by Crippen LogP contribution is 2.27. The molecule has 4 nitrogen and oxygen atoms in total. The summed E-state index contributed by atoms with van der Waals surface area (Å²) in [6, 6.07) is 7.92. The molecule has 1 N–H and O–H groups in total. The molecule has 0 unspecified atom stereocenters. The Morgan fingerprint density at radius 2 is 2.15 bits per heavy atom. The minimum atomic E-state index is -0.160. The monoisotopic (exact) mass is 288 g/mol. The van der Waals surface area contributed by atoms with E-state index < -0.39 is 0 Å². The Morgan fingerprint density at radius 3 is 2.80 bits per heavy atom. The van der Waals surface area contributed by atoms with Crippen molar-refractivity contribution in [3.8, 4) is 11.5 Å². The van der Waals surface area contributed by atoms with Gasteiger partial charge >= 0.3 is 0 Å². The second-order valence-corrected chi connectivity index (χ2v) is 5.80. The summed E-state index contributed by atoms with van der Waals surface area (Å²) in [5.74, 6) is 0.978. The lowest BCUT2D eigenvalue weighted by Crippen LogP contribution is -2.25. The first-order valence-electron chi connectivity index (χ1n) is 6.64. The van der Waals surface area contributed by atoms with E-state index in [1.54, 1.807) is 11.8 Å². The quantitative estimate of drug-likeness (QED) is 0.858. The van der Waals surface area contributed by atoms with Gasteiger partial charge in [0.2, 0.25) is 5.89 Å². The number of aromatic nitrogens is 1. The van der Waals surface area contributed by atoms with Crippen LogP contribution in [-0.2, 0) is 0 Å². The van der Waals surface area contributed by atoms with Crippen LogP contribution in [-0.4, -0.2) is 23.7 Å². The van der Waals surface area contributed by atoms with E-state index in [-0.39, 0.29) is 5.91 Å². The lowest BCUT2D eigenvalue weighted by Gasteiger charge is -1.99. The van der Waals surface area contributed by atoms with Gasteiger partial charge in [0, 0.05) is 17.0 Å². The minimum Gasteiger partial charge on any atom is -0.444 e. The molecule has 0 saturated heterocycles. The zero-order chi connectivity index (χ0) is 13.9. The van der Waals surface area contributed by atoms with Crippen molar-refractivity contribution >= 4 is 17.7 Å². The maximum atomic E-state index is 11.9. The van der Waals surface area contributed by atoms with Crippen LogP contribution in [0.1, 0.15) is 23.3 Å². The number of rotatable bonds is 5. The third-order valence-electron chi connectivity index (χ3n) is 3.32. The zero-order valence-electron chi connectivity index (χ0n) is 11.3. The van der Waals surface area contributed by atoms with Crippen LogP contribution in [0.15, 0.2) is 39.8 Å². The van der Waals surface area contributed by atoms with Crippen LogP contribution < -0.4 is 5.32 Å². The molecule has 5 heteroatoms. The van der Waals surface area contributed by atoms with Crippen LogP contribution in [0.2, 0.25) is 0 Å². The smallest absolute Gasteiger partial charge is 0.273 e. The summed E-state index contributed by atoms with van der Waals surface area (Å²) in [7, 11) is 0. The average Bonchev–Trinajstić information content (AvgIpc) is 3.19. The number of carbonyl (C=O) groups is 1. The number of amides is 1. The van der Waals surface area contributed by atoms with Gasteiger partial charge in [0.05, 0.1) is 0 Å². The maximum absolute atomic E-state index is 11.9. The van der Waals surface area contributed by atoms with Crippen LogP contribution in [0.3, 0.4) is 0 Å². The van der Waals surface area contributed by atoms with Crippen molar-refractivity contribution in [3.63, 3.8) is 0 Å². The molecule has 20 heavy (non-hydrogen) atoms. The molecule has 1 amide bonds. The molecule has 0 atom stereocenters. The van der Waals surface area contributed by atoms with Gasteiger partial charge < -0.3 is 9.73 Å². The molecule has 1 heterocycles. The molecule has 0 bridgehead atoms. The van der Waals surface area contributed by atoms with Crippen molar-refractivity contribution < 1.29 is 9.21 Å². The standard InChI is InChI=1S/C15H16N2O2S/c1-20-12-6-4-11(5-7-12)15-17-13(9-19-15)14(18)16-8-10-2-3-10/h4-7,9-10H,2-3,8H2,1H3,(H,16,18). The summed E-state index contributed by atoms with van der Waals surface area (Å²) in [4.78, 5) is 17.3. The normalized spacial score (nSPS) is 14.2. The molecule has 3 rings (SSSR count). The Hall–Kier alpha value is -1.75. The maximum Gasteiger partial charge on any atom is 0.273 e. The highest BCUT2D eigenvalue weighted by molar-refractivity contribution is 7.98. The Labute approximate surface area is 122 Å². The number of nitrogens with zero attached hydrogens (tertiary/aromatic N) is 1. The van der Waals surface area contributed by atoms with Gasteiger partial charge in [0.1, 0.15) is 6.26 Å². The summed E-state index contributed by atoms with van der Waals surface area (Å²) in [5, 5.41) is 2.88. The molecule has 0 aliphatic heterocycles. The first-order valence-corrected chi connectivity index (χ1v) is 7.87. The molecule has 1 aromatic heterocycles. The predicted molar refractivity (Wildman–Crippen MR) is 78.8 cm³/mol. The van der Waals surface area contributed by atoms with Crippen LogP contribution in [0, 0.1) is 5.92 Å². The van der Waals surface area contributed by atoms with Crippen LogP contribution in [0.4, 0.5) is 0 Å². The topological polar surface area (TPSA) is 55.1 Å². The molecule has 104 valence electrons. The van der Waals surface area contributed by atoms with Crippen LogP contribution >= 0.6 is 11.8 Å². The number of nitrogens with one attached hydrogen (secondary N) is 1. The van der Waals surface area contributed by atoms with Crippen LogP contribution in [0.25, 0.3) is 11.5 Å². The van der Waals surface area contributed by atoms with Gasteiger partial charge in [-0.05, 0) is 49.3 Å². The molecule has 2 aromatic rings. The summed E-state index contributed by atoms with van der Waals surface area (Å²) in [5.41, 5.74) is 1.22. The highest BCUT2D eigenvalue weighted by Gasteiger charge is 2.22. The Morgan fingerprint density at radius 1 is 1.40 bits per heavy atom. The van der Waals surface area contributed by atoms with Gasteiger partial charge in [0.15, 0.2) is 5.69 Å². The van der Waals surface area contributed by atoms with Crippen molar-refractivity contribution in [3.05, 3.63) is 36.2 Å². The first-order chi connectivity index (χ1) is 9.76. The molecule has 1 aromatic carbocycles. The van der Waals surface area contributed by atoms with Gasteiger partial charge in [-0.25, -0.2) is 4.98 Å². The van der Waals surface area contributed by atoms with Crippen molar-refractivity contribution in [1.29, 1.82) is 0 Å². The third-order valence-corrected chi connectivity index (χ3v) is 4.07. The lowest BCUT2D eigenvalue weighted by molar-refractivity contribution is 0.0947. The van der Waals surface area contributed by atoms with Gasteiger partial charge in [-0.15, -0.1) is 11.8 Å². The van der Waals surface area contributed by atoms with E-state index in [1.165, 1.54) is 24.0 Å². The fourth-order valence-corrected chi connectivity index (χ4v) is 2.30. The summed E-state index contributed by atoms with van der Waals surface area (Å²) in [6.45, 7) is 0.740. The fraction of sp³-hybridized carbons (Fsp3) is 0.333. The molecular weight excluding hydrogens is 272 g/mol. The third kappa shape index (κ3) is 3.04. The second kappa shape index (κ2) is 5.71. The first kappa shape index (κ1) is 13.2. The van der Waals surface area contributed by atoms with Crippen molar-refractivity contribution in [1.82, 2.24) is 10.3 Å².